The van der Waals surface area contributed by atoms with Gasteiger partial charge in [-0.05, 0) is 74.0 Å². The largest absolute Gasteiger partial charge is 0.315 e. The van der Waals surface area contributed by atoms with Crippen LogP contribution >= 0.6 is 0 Å². The van der Waals surface area contributed by atoms with Crippen LogP contribution in [0.25, 0.3) is 16.5 Å². The number of nitrogens with zero attached hydrogens (tertiary/aromatic N) is 2. The Morgan fingerprint density at radius 2 is 1.97 bits per heavy atom. The highest BCUT2D eigenvalue weighted by Gasteiger charge is 2.26. The fraction of sp³-hybridized carbons (Fsp3) is 0.556. The van der Waals surface area contributed by atoms with Gasteiger partial charge in [0.1, 0.15) is 0 Å². The van der Waals surface area contributed by atoms with Crippen LogP contribution in [0.1, 0.15) is 62.4 Å². The first-order valence-electron chi connectivity index (χ1n) is 12.4. The molecule has 0 saturated heterocycles. The number of benzene rings is 1. The van der Waals surface area contributed by atoms with Gasteiger partial charge < -0.3 is 5.32 Å². The van der Waals surface area contributed by atoms with E-state index in [-0.39, 0.29) is 11.8 Å². The van der Waals surface area contributed by atoms with E-state index in [4.69, 9.17) is 0 Å². The summed E-state index contributed by atoms with van der Waals surface area (Å²) in [4.78, 5) is 27.9. The van der Waals surface area contributed by atoms with E-state index in [1.54, 1.807) is 0 Å². The lowest BCUT2D eigenvalue weighted by Crippen LogP contribution is -2.37. The number of allylic oxidation sites excluding steroid dienone is 1. The summed E-state index contributed by atoms with van der Waals surface area (Å²) in [6.07, 6.45) is 9.18. The third-order valence-corrected chi connectivity index (χ3v) is 7.07. The molecule has 1 saturated carbocycles. The number of Topliss-reactive ketones (excluding diaryl/α,β-unsaturated/α-hetero) is 1. The molecule has 0 bridgehead atoms. The fourth-order valence-electron chi connectivity index (χ4n) is 4.84. The van der Waals surface area contributed by atoms with Crippen molar-refractivity contribution < 1.29 is 9.59 Å². The summed E-state index contributed by atoms with van der Waals surface area (Å²) in [6, 6.07) is 6.23. The van der Waals surface area contributed by atoms with Crippen LogP contribution < -0.4 is 5.32 Å². The topological polar surface area (TPSA) is 54.3 Å². The number of carbonyl (C=O) groups excluding carboxylic acids is 2. The highest BCUT2D eigenvalue weighted by atomic mass is 16.2. The quantitative estimate of drug-likeness (QED) is 0.563. The fourth-order valence-corrected chi connectivity index (χ4v) is 4.84. The molecule has 2 aromatic rings. The second-order valence-electron chi connectivity index (χ2n) is 9.30. The molecule has 0 amide bonds. The third-order valence-electron chi connectivity index (χ3n) is 7.07. The van der Waals surface area contributed by atoms with Gasteiger partial charge in [-0.1, -0.05) is 39.0 Å². The van der Waals surface area contributed by atoms with E-state index in [9.17, 15) is 9.59 Å². The van der Waals surface area contributed by atoms with Crippen LogP contribution in [0.4, 0.5) is 0 Å². The molecule has 1 atom stereocenters. The summed E-state index contributed by atoms with van der Waals surface area (Å²) in [5.74, 6) is 1.09. The van der Waals surface area contributed by atoms with Gasteiger partial charge >= 0.3 is 0 Å². The average molecular weight is 436 g/mol. The van der Waals surface area contributed by atoms with Gasteiger partial charge in [-0.25, -0.2) is 0 Å². The predicted molar refractivity (Wildman–Crippen MR) is 131 cm³/mol. The lowest BCUT2D eigenvalue weighted by molar-refractivity contribution is -0.122. The molecule has 0 unspecified atom stereocenters. The maximum Gasteiger partial charge on any atom is 0.230 e. The van der Waals surface area contributed by atoms with E-state index >= 15 is 0 Å². The first-order valence-corrected chi connectivity index (χ1v) is 12.4. The Morgan fingerprint density at radius 3 is 2.66 bits per heavy atom. The summed E-state index contributed by atoms with van der Waals surface area (Å²) in [6.45, 7) is 10.1. The Bertz CT molecular complexity index is 1010. The molecule has 0 spiro atoms. The second-order valence-corrected chi connectivity index (χ2v) is 9.30. The molecular formula is C27H37N3O2. The number of ketones is 1. The maximum absolute atomic E-state index is 13.3. The monoisotopic (exact) mass is 435 g/mol. The SMILES string of the molecule is CCC(=O)n1cc2c3c(cccc31)/C(=C/[C@H](CNCC1CC1)C(=O)CN(CC)CC)CC2. The lowest BCUT2D eigenvalue weighted by atomic mass is 9.86. The standard InChI is InChI=1S/C27H37N3O2/c1-4-26(32)30-17-21-13-12-20(23-8-7-9-24(30)27(21)23)14-22(16-28-15-19-10-11-19)25(31)18-29(5-2)6-3/h7-9,14,17,19,22,28H,4-6,10-13,15-16,18H2,1-3H3/b20-14+/t22-/m1/s1. The number of rotatable bonds is 11. The van der Waals surface area contributed by atoms with Gasteiger partial charge in [-0.2, -0.15) is 0 Å². The summed E-state index contributed by atoms with van der Waals surface area (Å²) in [5.41, 5.74) is 4.67. The summed E-state index contributed by atoms with van der Waals surface area (Å²) >= 11 is 0. The number of aryl methyl sites for hydroxylation is 1. The Labute approximate surface area is 191 Å². The lowest BCUT2D eigenvalue weighted by Gasteiger charge is -2.23. The number of aromatic nitrogens is 1. The average Bonchev–Trinajstić information content (AvgIpc) is 3.57. The Hall–Kier alpha value is -2.24. The highest BCUT2D eigenvalue weighted by Crippen LogP contribution is 2.38. The molecule has 1 aromatic carbocycles. The smallest absolute Gasteiger partial charge is 0.230 e. The van der Waals surface area contributed by atoms with Crippen LogP contribution in [-0.2, 0) is 11.2 Å². The van der Waals surface area contributed by atoms with Crippen LogP contribution in [0.5, 0.6) is 0 Å². The second kappa shape index (κ2) is 10.1. The minimum absolute atomic E-state index is 0.125. The molecule has 1 aromatic heterocycles. The van der Waals surface area contributed by atoms with Crippen LogP contribution in [0.2, 0.25) is 0 Å². The molecule has 5 heteroatoms. The van der Waals surface area contributed by atoms with E-state index in [1.165, 1.54) is 34.9 Å². The van der Waals surface area contributed by atoms with Gasteiger partial charge in [0.2, 0.25) is 5.91 Å². The van der Waals surface area contributed by atoms with E-state index in [2.05, 4.69) is 36.2 Å². The molecule has 2 aliphatic carbocycles. The van der Waals surface area contributed by atoms with Crippen molar-refractivity contribution in [3.05, 3.63) is 41.6 Å². The highest BCUT2D eigenvalue weighted by molar-refractivity contribution is 6.02. The molecule has 1 heterocycles. The van der Waals surface area contributed by atoms with Crippen molar-refractivity contribution in [3.63, 3.8) is 0 Å². The Morgan fingerprint density at radius 1 is 1.19 bits per heavy atom. The number of hydrogen-bond acceptors (Lipinski definition) is 4. The van der Waals surface area contributed by atoms with Crippen molar-refractivity contribution in [2.45, 2.75) is 52.9 Å². The number of nitrogens with one attached hydrogen (secondary N) is 1. The number of likely N-dealkylation sites (N-methyl/N-ethyl adjacent to an activating group) is 1. The van der Waals surface area contributed by atoms with E-state index < -0.39 is 0 Å². The number of carbonyl (C=O) groups is 2. The van der Waals surface area contributed by atoms with E-state index in [0.29, 0.717) is 25.3 Å². The minimum atomic E-state index is -0.125. The van der Waals surface area contributed by atoms with Gasteiger partial charge in [0.15, 0.2) is 5.78 Å². The van der Waals surface area contributed by atoms with Gasteiger partial charge in [-0.15, -0.1) is 0 Å². The molecular weight excluding hydrogens is 398 g/mol. The molecule has 5 nitrogen and oxygen atoms in total. The first-order chi connectivity index (χ1) is 15.5. The van der Waals surface area contributed by atoms with E-state index in [0.717, 1.165) is 43.9 Å². The zero-order valence-corrected chi connectivity index (χ0v) is 19.8. The van der Waals surface area contributed by atoms with Crippen LogP contribution in [0.3, 0.4) is 0 Å². The van der Waals surface area contributed by atoms with Gasteiger partial charge in [0, 0.05) is 24.5 Å². The van der Waals surface area contributed by atoms with Gasteiger partial charge in [0.05, 0.1) is 18.0 Å². The van der Waals surface area contributed by atoms with Crippen molar-refractivity contribution in [2.24, 2.45) is 11.8 Å². The molecule has 1 N–H and O–H groups in total. The zero-order valence-electron chi connectivity index (χ0n) is 19.8. The first kappa shape index (κ1) is 22.9. The summed E-state index contributed by atoms with van der Waals surface area (Å²) in [7, 11) is 0. The maximum atomic E-state index is 13.3. The molecule has 32 heavy (non-hydrogen) atoms. The number of hydrogen-bond donors (Lipinski definition) is 1. The van der Waals surface area contributed by atoms with Gasteiger partial charge in [-0.3, -0.25) is 19.1 Å². The van der Waals surface area contributed by atoms with Crippen molar-refractivity contribution in [2.75, 3.05) is 32.7 Å². The van der Waals surface area contributed by atoms with Gasteiger partial charge in [0.25, 0.3) is 0 Å². The minimum Gasteiger partial charge on any atom is -0.315 e. The van der Waals surface area contributed by atoms with Crippen molar-refractivity contribution in [1.82, 2.24) is 14.8 Å². The predicted octanol–water partition coefficient (Wildman–Crippen LogP) is 4.55. The molecule has 1 fully saturated rings. The van der Waals surface area contributed by atoms with Crippen molar-refractivity contribution >= 4 is 28.2 Å². The molecule has 0 aliphatic heterocycles. The zero-order chi connectivity index (χ0) is 22.7. The molecule has 172 valence electrons. The van der Waals surface area contributed by atoms with E-state index in [1.807, 2.05) is 29.8 Å². The van der Waals surface area contributed by atoms with Crippen LogP contribution in [0.15, 0.2) is 30.5 Å². The summed E-state index contributed by atoms with van der Waals surface area (Å²) in [5, 5.41) is 4.75. The molecule has 0 radical (unpaired) electrons. The van der Waals surface area contributed by atoms with Crippen molar-refractivity contribution in [1.29, 1.82) is 0 Å². The summed E-state index contributed by atoms with van der Waals surface area (Å²) < 4.78 is 1.82. The molecule has 4 rings (SSSR count). The normalized spacial score (nSPS) is 17.9. The van der Waals surface area contributed by atoms with Crippen LogP contribution in [-0.4, -0.2) is 53.9 Å². The van der Waals surface area contributed by atoms with Crippen molar-refractivity contribution in [3.8, 4) is 0 Å². The Kier molecular flexibility index (Phi) is 7.27. The Balaban J connectivity index is 1.64. The molecule has 2 aliphatic rings. The third kappa shape index (κ3) is 4.89. The van der Waals surface area contributed by atoms with Crippen LogP contribution in [0, 0.1) is 11.8 Å².